The first-order chi connectivity index (χ1) is 10.2. The Bertz CT molecular complexity index is 501. The number of amides is 2. The zero-order valence-corrected chi connectivity index (χ0v) is 13.2. The molecule has 1 aromatic rings. The van der Waals surface area contributed by atoms with Crippen molar-refractivity contribution in [1.82, 2.24) is 9.80 Å². The van der Waals surface area contributed by atoms with E-state index in [0.29, 0.717) is 19.6 Å². The number of aliphatic hydroxyl groups excluding tert-OH is 1. The fraction of sp³-hybridized carbons (Fsp3) is 0.600. The van der Waals surface area contributed by atoms with E-state index in [1.807, 2.05) is 11.8 Å². The molecule has 0 spiro atoms. The van der Waals surface area contributed by atoms with Crippen LogP contribution < -0.4 is 0 Å². The van der Waals surface area contributed by atoms with Crippen LogP contribution in [0.4, 0.5) is 0 Å². The summed E-state index contributed by atoms with van der Waals surface area (Å²) in [6.45, 7) is 4.15. The second-order valence-corrected chi connectivity index (χ2v) is 6.13. The lowest BCUT2D eigenvalue weighted by Crippen LogP contribution is -2.37. The molecule has 0 radical (unpaired) electrons. The molecule has 0 aromatic carbocycles. The van der Waals surface area contributed by atoms with Crippen LogP contribution in [0.1, 0.15) is 30.2 Å². The van der Waals surface area contributed by atoms with Crippen molar-refractivity contribution < 1.29 is 14.7 Å². The molecule has 0 unspecified atom stereocenters. The quantitative estimate of drug-likeness (QED) is 0.860. The van der Waals surface area contributed by atoms with Gasteiger partial charge in [0.15, 0.2) is 0 Å². The van der Waals surface area contributed by atoms with E-state index in [2.05, 4.69) is 11.4 Å². The van der Waals surface area contributed by atoms with Crippen molar-refractivity contribution in [2.75, 3.05) is 26.2 Å². The van der Waals surface area contributed by atoms with Crippen LogP contribution in [-0.2, 0) is 22.6 Å². The van der Waals surface area contributed by atoms with E-state index in [4.69, 9.17) is 5.11 Å². The molecule has 0 bridgehead atoms. The molecule has 0 atom stereocenters. The van der Waals surface area contributed by atoms with Crippen LogP contribution in [0.3, 0.4) is 0 Å². The van der Waals surface area contributed by atoms with Crippen LogP contribution in [0.15, 0.2) is 11.4 Å². The fourth-order valence-corrected chi connectivity index (χ4v) is 3.46. The van der Waals surface area contributed by atoms with Gasteiger partial charge >= 0.3 is 0 Å². The van der Waals surface area contributed by atoms with E-state index < -0.39 is 0 Å². The Hall–Kier alpha value is -1.40. The monoisotopic (exact) mass is 310 g/mol. The average molecular weight is 310 g/mol. The second-order valence-electron chi connectivity index (χ2n) is 5.13. The number of hydrogen-bond donors (Lipinski definition) is 1. The van der Waals surface area contributed by atoms with E-state index in [0.717, 1.165) is 13.0 Å². The first-order valence-electron chi connectivity index (χ1n) is 7.37. The summed E-state index contributed by atoms with van der Waals surface area (Å²) in [4.78, 5) is 29.0. The summed E-state index contributed by atoms with van der Waals surface area (Å²) in [7, 11) is 0. The van der Waals surface area contributed by atoms with Crippen LogP contribution in [-0.4, -0.2) is 53.0 Å². The summed E-state index contributed by atoms with van der Waals surface area (Å²) in [6, 6.07) is 2.07. The number of fused-ring (bicyclic) bond motifs is 1. The highest BCUT2D eigenvalue weighted by Crippen LogP contribution is 2.24. The van der Waals surface area contributed by atoms with Crippen molar-refractivity contribution in [2.45, 2.75) is 32.7 Å². The number of aliphatic hydroxyl groups is 1. The largest absolute Gasteiger partial charge is 0.395 e. The van der Waals surface area contributed by atoms with Crippen molar-refractivity contribution in [3.8, 4) is 0 Å². The molecule has 21 heavy (non-hydrogen) atoms. The number of likely N-dealkylation sites (N-methyl/N-ethyl adjacent to an activating group) is 1. The van der Waals surface area contributed by atoms with Gasteiger partial charge in [0.2, 0.25) is 11.8 Å². The minimum Gasteiger partial charge on any atom is -0.395 e. The average Bonchev–Trinajstić information content (AvgIpc) is 2.97. The van der Waals surface area contributed by atoms with Gasteiger partial charge in [0, 0.05) is 43.9 Å². The summed E-state index contributed by atoms with van der Waals surface area (Å²) in [6.07, 6.45) is 1.39. The molecule has 2 amide bonds. The molecule has 116 valence electrons. The Morgan fingerprint density at radius 1 is 1.43 bits per heavy atom. The molecule has 0 saturated heterocycles. The highest BCUT2D eigenvalue weighted by Gasteiger charge is 2.22. The maximum Gasteiger partial charge on any atom is 0.223 e. The van der Waals surface area contributed by atoms with E-state index in [1.165, 1.54) is 10.4 Å². The normalized spacial score (nSPS) is 13.9. The molecule has 2 rings (SSSR count). The molecule has 2 heterocycles. The standard InChI is InChI=1S/C15H22N2O3S/c1-2-16(8-9-18)14(19)3-4-15(20)17-7-5-13-12(11-17)6-10-21-13/h6,10,18H,2-5,7-9,11H2,1H3. The van der Waals surface area contributed by atoms with Crippen molar-refractivity contribution in [3.05, 3.63) is 21.9 Å². The molecule has 1 aliphatic rings. The van der Waals surface area contributed by atoms with E-state index >= 15 is 0 Å². The van der Waals surface area contributed by atoms with E-state index in [1.54, 1.807) is 16.2 Å². The van der Waals surface area contributed by atoms with Crippen LogP contribution >= 0.6 is 11.3 Å². The lowest BCUT2D eigenvalue weighted by molar-refractivity contribution is -0.137. The third kappa shape index (κ3) is 4.04. The van der Waals surface area contributed by atoms with Gasteiger partial charge in [-0.2, -0.15) is 0 Å². The molecular weight excluding hydrogens is 288 g/mol. The van der Waals surface area contributed by atoms with Crippen LogP contribution in [0, 0.1) is 0 Å². The first-order valence-corrected chi connectivity index (χ1v) is 8.25. The van der Waals surface area contributed by atoms with Gasteiger partial charge in [-0.25, -0.2) is 0 Å². The SMILES string of the molecule is CCN(CCO)C(=O)CCC(=O)N1CCc2sccc2C1. The molecule has 0 aliphatic carbocycles. The third-order valence-corrected chi connectivity index (χ3v) is 4.84. The fourth-order valence-electron chi connectivity index (χ4n) is 2.57. The molecule has 6 heteroatoms. The Balaban J connectivity index is 1.81. The molecular formula is C15H22N2O3S. The maximum atomic E-state index is 12.2. The summed E-state index contributed by atoms with van der Waals surface area (Å²) in [5.74, 6) is -0.0200. The van der Waals surface area contributed by atoms with Crippen molar-refractivity contribution >= 4 is 23.2 Å². The summed E-state index contributed by atoms with van der Waals surface area (Å²) in [5, 5.41) is 11.0. The maximum absolute atomic E-state index is 12.2. The van der Waals surface area contributed by atoms with Crippen LogP contribution in [0.5, 0.6) is 0 Å². The number of thiophene rings is 1. The minimum atomic E-state index is -0.0619. The van der Waals surface area contributed by atoms with Crippen LogP contribution in [0.2, 0.25) is 0 Å². The molecule has 1 aromatic heterocycles. The van der Waals surface area contributed by atoms with Gasteiger partial charge in [-0.05, 0) is 30.4 Å². The molecule has 5 nitrogen and oxygen atoms in total. The number of rotatable bonds is 6. The van der Waals surface area contributed by atoms with Crippen molar-refractivity contribution in [2.24, 2.45) is 0 Å². The van der Waals surface area contributed by atoms with Gasteiger partial charge in [-0.3, -0.25) is 9.59 Å². The Labute approximate surface area is 129 Å². The Morgan fingerprint density at radius 2 is 2.24 bits per heavy atom. The lowest BCUT2D eigenvalue weighted by atomic mass is 10.1. The highest BCUT2D eigenvalue weighted by molar-refractivity contribution is 7.10. The first kappa shape index (κ1) is 16.0. The topological polar surface area (TPSA) is 60.9 Å². The minimum absolute atomic E-state index is 0.0411. The van der Waals surface area contributed by atoms with Gasteiger partial charge in [-0.1, -0.05) is 0 Å². The smallest absolute Gasteiger partial charge is 0.223 e. The van der Waals surface area contributed by atoms with Gasteiger partial charge in [0.05, 0.1) is 6.61 Å². The van der Waals surface area contributed by atoms with Crippen LogP contribution in [0.25, 0.3) is 0 Å². The zero-order valence-electron chi connectivity index (χ0n) is 12.4. The third-order valence-electron chi connectivity index (χ3n) is 3.82. The lowest BCUT2D eigenvalue weighted by Gasteiger charge is -2.27. The number of carbonyl (C=O) groups excluding carboxylic acids is 2. The summed E-state index contributed by atoms with van der Waals surface area (Å²) in [5.41, 5.74) is 1.24. The Kier molecular flexibility index (Phi) is 5.76. The second kappa shape index (κ2) is 7.56. The number of hydrogen-bond acceptors (Lipinski definition) is 4. The van der Waals surface area contributed by atoms with E-state index in [-0.39, 0.29) is 31.3 Å². The number of carbonyl (C=O) groups is 2. The van der Waals surface area contributed by atoms with E-state index in [9.17, 15) is 9.59 Å². The predicted molar refractivity (Wildman–Crippen MR) is 82.0 cm³/mol. The predicted octanol–water partition coefficient (Wildman–Crippen LogP) is 1.25. The van der Waals surface area contributed by atoms with Gasteiger partial charge < -0.3 is 14.9 Å². The molecule has 1 aliphatic heterocycles. The van der Waals surface area contributed by atoms with Crippen molar-refractivity contribution in [1.29, 1.82) is 0 Å². The van der Waals surface area contributed by atoms with Gasteiger partial charge in [0.1, 0.15) is 0 Å². The van der Waals surface area contributed by atoms with Crippen molar-refractivity contribution in [3.63, 3.8) is 0 Å². The summed E-state index contributed by atoms with van der Waals surface area (Å²) < 4.78 is 0. The molecule has 0 saturated carbocycles. The molecule has 0 fully saturated rings. The zero-order chi connectivity index (χ0) is 15.2. The number of nitrogens with zero attached hydrogens (tertiary/aromatic N) is 2. The van der Waals surface area contributed by atoms with Gasteiger partial charge in [-0.15, -0.1) is 11.3 Å². The van der Waals surface area contributed by atoms with Gasteiger partial charge in [0.25, 0.3) is 0 Å². The summed E-state index contributed by atoms with van der Waals surface area (Å²) >= 11 is 1.75. The highest BCUT2D eigenvalue weighted by atomic mass is 32.1. The molecule has 1 N–H and O–H groups in total. The Morgan fingerprint density at radius 3 is 2.95 bits per heavy atom.